The van der Waals surface area contributed by atoms with Gasteiger partial charge in [-0.1, -0.05) is 74.4 Å². The lowest BCUT2D eigenvalue weighted by atomic mass is 9.94. The van der Waals surface area contributed by atoms with Crippen LogP contribution in [-0.2, 0) is 6.61 Å². The molecular weight excluding hydrogens is 598 g/mol. The highest BCUT2D eigenvalue weighted by Gasteiger charge is 2.23. The first-order valence-electron chi connectivity index (χ1n) is 17.4. The number of benzene rings is 4. The minimum absolute atomic E-state index is 0.0284. The van der Waals surface area contributed by atoms with Crippen LogP contribution >= 0.6 is 0 Å². The van der Waals surface area contributed by atoms with Crippen LogP contribution in [0.4, 0.5) is 0 Å². The molecule has 0 radical (unpaired) electrons. The van der Waals surface area contributed by atoms with E-state index >= 15 is 0 Å². The third-order valence-corrected chi connectivity index (χ3v) is 10.1. The zero-order valence-corrected chi connectivity index (χ0v) is 27.6. The first kappa shape index (κ1) is 31.7. The molecule has 0 atom stereocenters. The van der Waals surface area contributed by atoms with Crippen molar-refractivity contribution >= 4 is 22.9 Å². The molecule has 48 heavy (non-hydrogen) atoms. The molecule has 7 nitrogen and oxygen atoms in total. The van der Waals surface area contributed by atoms with Crippen LogP contribution in [0.1, 0.15) is 102 Å². The van der Waals surface area contributed by atoms with Gasteiger partial charge < -0.3 is 19.7 Å². The largest absolute Gasteiger partial charge is 0.489 e. The number of amides is 1. The Labute approximate surface area is 282 Å². The number of carbonyl (C=O) groups excluding carboxylic acids is 1. The molecule has 2 fully saturated rings. The lowest BCUT2D eigenvalue weighted by molar-refractivity contribution is 0.0696. The Hall–Kier alpha value is -4.91. The van der Waals surface area contributed by atoms with E-state index in [1.54, 1.807) is 12.1 Å². The molecule has 4 aromatic carbocycles. The van der Waals surface area contributed by atoms with Crippen LogP contribution < -0.4 is 10.1 Å². The number of nitrogens with one attached hydrogen (secondary N) is 1. The van der Waals surface area contributed by atoms with Gasteiger partial charge in [0.2, 0.25) is 0 Å². The summed E-state index contributed by atoms with van der Waals surface area (Å²) in [4.78, 5) is 29.9. The Morgan fingerprint density at radius 3 is 2.17 bits per heavy atom. The average molecular weight is 642 g/mol. The SMILES string of the molecule is Cc1ccc(-c2ccc(C(=O)NC3CCCCC3)cc2COc2ccc(-c3nc4cc(C(=O)O)ccc4n3C3CCCCC3)cc2)cc1. The Morgan fingerprint density at radius 2 is 1.46 bits per heavy atom. The molecule has 1 heterocycles. The monoisotopic (exact) mass is 641 g/mol. The molecule has 1 amide bonds. The molecule has 7 heteroatoms. The van der Waals surface area contributed by atoms with Crippen molar-refractivity contribution in [3.05, 3.63) is 107 Å². The summed E-state index contributed by atoms with van der Waals surface area (Å²) in [7, 11) is 0. The summed E-state index contributed by atoms with van der Waals surface area (Å²) in [5.74, 6) is 0.593. The van der Waals surface area contributed by atoms with Crippen LogP contribution in [0, 0.1) is 6.92 Å². The summed E-state index contributed by atoms with van der Waals surface area (Å²) in [6.45, 7) is 2.39. The summed E-state index contributed by atoms with van der Waals surface area (Å²) < 4.78 is 8.69. The fourth-order valence-electron chi connectivity index (χ4n) is 7.39. The van der Waals surface area contributed by atoms with Crippen molar-refractivity contribution < 1.29 is 19.4 Å². The summed E-state index contributed by atoms with van der Waals surface area (Å²) in [6, 6.07) is 28.2. The standard InChI is InChI=1S/C41H43N3O4/c1-27-12-14-28(15-13-27)36-22-18-30(40(45)42-33-8-4-2-5-9-33)24-32(36)26-48-35-20-16-29(17-21-35)39-43-37-25-31(41(46)47)19-23-38(37)44(39)34-10-6-3-7-11-34/h12-25,33-34H,2-11,26H2,1H3,(H,42,45)(H,46,47). The van der Waals surface area contributed by atoms with Gasteiger partial charge >= 0.3 is 5.97 Å². The smallest absolute Gasteiger partial charge is 0.335 e. The number of carbonyl (C=O) groups is 2. The lowest BCUT2D eigenvalue weighted by Crippen LogP contribution is -2.36. The number of carboxylic acids is 1. The number of ether oxygens (including phenoxy) is 1. The van der Waals surface area contributed by atoms with E-state index in [9.17, 15) is 14.7 Å². The number of aryl methyl sites for hydroxylation is 1. The van der Waals surface area contributed by atoms with Crippen molar-refractivity contribution in [2.24, 2.45) is 0 Å². The third kappa shape index (κ3) is 6.86. The summed E-state index contributed by atoms with van der Waals surface area (Å²) in [5.41, 5.74) is 7.80. The Morgan fingerprint density at radius 1 is 0.792 bits per heavy atom. The topological polar surface area (TPSA) is 93.4 Å². The van der Waals surface area contributed by atoms with E-state index in [1.807, 2.05) is 48.5 Å². The average Bonchev–Trinajstić information content (AvgIpc) is 3.51. The van der Waals surface area contributed by atoms with Gasteiger partial charge in [0.25, 0.3) is 5.91 Å². The quantitative estimate of drug-likeness (QED) is 0.167. The van der Waals surface area contributed by atoms with E-state index < -0.39 is 5.97 Å². The van der Waals surface area contributed by atoms with Crippen molar-refractivity contribution in [3.63, 3.8) is 0 Å². The molecule has 1 aromatic heterocycles. The van der Waals surface area contributed by atoms with Crippen molar-refractivity contribution in [1.29, 1.82) is 0 Å². The molecule has 0 saturated heterocycles. The maximum Gasteiger partial charge on any atom is 0.335 e. The predicted molar refractivity (Wildman–Crippen MR) is 190 cm³/mol. The minimum atomic E-state index is -0.951. The highest BCUT2D eigenvalue weighted by molar-refractivity contribution is 5.95. The molecule has 0 bridgehead atoms. The fraction of sp³-hybridized carbons (Fsp3) is 0.341. The fourth-order valence-corrected chi connectivity index (χ4v) is 7.39. The molecule has 0 unspecified atom stereocenters. The molecule has 0 aliphatic heterocycles. The molecular formula is C41H43N3O4. The molecule has 5 aromatic rings. The Bertz CT molecular complexity index is 1910. The molecule has 2 aliphatic rings. The van der Waals surface area contributed by atoms with Crippen LogP contribution in [0.25, 0.3) is 33.5 Å². The van der Waals surface area contributed by atoms with Crippen LogP contribution in [0.3, 0.4) is 0 Å². The molecule has 2 aliphatic carbocycles. The van der Waals surface area contributed by atoms with E-state index in [0.29, 0.717) is 23.7 Å². The number of aromatic nitrogens is 2. The van der Waals surface area contributed by atoms with E-state index in [-0.39, 0.29) is 17.5 Å². The highest BCUT2D eigenvalue weighted by atomic mass is 16.5. The van der Waals surface area contributed by atoms with E-state index in [1.165, 1.54) is 44.1 Å². The second kappa shape index (κ2) is 14.1. The molecule has 7 rings (SSSR count). The number of rotatable bonds is 9. The van der Waals surface area contributed by atoms with Crippen molar-refractivity contribution in [2.45, 2.75) is 89.8 Å². The maximum atomic E-state index is 13.3. The number of carboxylic acid groups (broad SMARTS) is 1. The van der Waals surface area contributed by atoms with Crippen molar-refractivity contribution in [3.8, 4) is 28.3 Å². The predicted octanol–water partition coefficient (Wildman–Crippen LogP) is 9.52. The summed E-state index contributed by atoms with van der Waals surface area (Å²) in [6.07, 6.45) is 11.4. The van der Waals surface area contributed by atoms with Gasteiger partial charge in [-0.2, -0.15) is 0 Å². The van der Waals surface area contributed by atoms with E-state index in [2.05, 4.69) is 41.1 Å². The Balaban J connectivity index is 1.15. The number of aromatic carboxylic acids is 1. The van der Waals surface area contributed by atoms with Gasteiger partial charge in [-0.05, 0) is 104 Å². The molecule has 2 N–H and O–H groups in total. The summed E-state index contributed by atoms with van der Waals surface area (Å²) >= 11 is 0. The van der Waals surface area contributed by atoms with Crippen LogP contribution in [0.5, 0.6) is 5.75 Å². The van der Waals surface area contributed by atoms with Gasteiger partial charge in [0.1, 0.15) is 18.2 Å². The van der Waals surface area contributed by atoms with Gasteiger partial charge in [-0.15, -0.1) is 0 Å². The van der Waals surface area contributed by atoms with Crippen molar-refractivity contribution in [1.82, 2.24) is 14.9 Å². The van der Waals surface area contributed by atoms with Gasteiger partial charge in [0.15, 0.2) is 0 Å². The Kier molecular flexibility index (Phi) is 9.28. The second-order valence-electron chi connectivity index (χ2n) is 13.5. The number of fused-ring (bicyclic) bond motifs is 1. The van der Waals surface area contributed by atoms with Gasteiger partial charge in [0, 0.05) is 23.2 Å². The summed E-state index contributed by atoms with van der Waals surface area (Å²) in [5, 5.41) is 12.8. The van der Waals surface area contributed by atoms with Gasteiger partial charge in [0.05, 0.1) is 16.6 Å². The van der Waals surface area contributed by atoms with Crippen LogP contribution in [0.2, 0.25) is 0 Å². The van der Waals surface area contributed by atoms with Crippen molar-refractivity contribution in [2.75, 3.05) is 0 Å². The zero-order valence-electron chi connectivity index (χ0n) is 27.6. The van der Waals surface area contributed by atoms with Crippen LogP contribution in [-0.4, -0.2) is 32.6 Å². The van der Waals surface area contributed by atoms with E-state index in [4.69, 9.17) is 9.72 Å². The highest BCUT2D eigenvalue weighted by Crippen LogP contribution is 2.37. The second-order valence-corrected chi connectivity index (χ2v) is 13.5. The maximum absolute atomic E-state index is 13.3. The lowest BCUT2D eigenvalue weighted by Gasteiger charge is -2.25. The third-order valence-electron chi connectivity index (χ3n) is 10.1. The molecule has 246 valence electrons. The molecule has 0 spiro atoms. The van der Waals surface area contributed by atoms with E-state index in [0.717, 1.165) is 65.0 Å². The first-order chi connectivity index (χ1) is 23.4. The zero-order chi connectivity index (χ0) is 33.0. The van der Waals surface area contributed by atoms with Gasteiger partial charge in [-0.25, -0.2) is 9.78 Å². The number of imidazole rings is 1. The first-order valence-corrected chi connectivity index (χ1v) is 17.4. The number of hydrogen-bond acceptors (Lipinski definition) is 4. The molecule has 2 saturated carbocycles. The minimum Gasteiger partial charge on any atom is -0.489 e. The number of hydrogen-bond donors (Lipinski definition) is 2. The number of nitrogens with zero attached hydrogens (tertiary/aromatic N) is 2. The van der Waals surface area contributed by atoms with Gasteiger partial charge in [-0.3, -0.25) is 4.79 Å². The van der Waals surface area contributed by atoms with Crippen LogP contribution in [0.15, 0.2) is 84.9 Å². The normalized spacial score (nSPS) is 15.8.